The van der Waals surface area contributed by atoms with Gasteiger partial charge in [-0.25, -0.2) is 0 Å². The fraction of sp³-hybridized carbons (Fsp3) is 0.462. The van der Waals surface area contributed by atoms with Crippen molar-refractivity contribution in [2.24, 2.45) is 0 Å². The number of hydrogen-bond acceptors (Lipinski definition) is 3. The summed E-state index contributed by atoms with van der Waals surface area (Å²) in [4.78, 5) is 4.31. The van der Waals surface area contributed by atoms with Crippen LogP contribution in [-0.2, 0) is 9.31 Å². The van der Waals surface area contributed by atoms with E-state index in [1.54, 1.807) is 12.3 Å². The molecule has 1 fully saturated rings. The lowest BCUT2D eigenvalue weighted by atomic mass is 9.84. The first kappa shape index (κ1) is 13.6. The van der Waals surface area contributed by atoms with Gasteiger partial charge in [0, 0.05) is 6.20 Å². The minimum atomic E-state index is -0.527. The summed E-state index contributed by atoms with van der Waals surface area (Å²) in [5, 5.41) is 0.533. The number of aromatic nitrogens is 1. The molecule has 1 aromatic heterocycles. The van der Waals surface area contributed by atoms with Crippen molar-refractivity contribution >= 4 is 30.4 Å². The molecule has 0 aromatic carbocycles. The quantitative estimate of drug-likeness (QED) is 0.771. The standard InChI is InChI=1S/C13H17BClNO2/c1-6-9-7-10(15)11(16-8-9)14-17-12(2,3)13(4,5)18-14/h6-8H,1H2,2-5H3. The van der Waals surface area contributed by atoms with Gasteiger partial charge in [-0.15, -0.1) is 0 Å². The Morgan fingerprint density at radius 3 is 2.28 bits per heavy atom. The Labute approximate surface area is 113 Å². The average molecular weight is 266 g/mol. The number of halogens is 1. The van der Waals surface area contributed by atoms with Crippen molar-refractivity contribution < 1.29 is 9.31 Å². The predicted molar refractivity (Wildman–Crippen MR) is 75.1 cm³/mol. The Bertz CT molecular complexity index is 472. The van der Waals surface area contributed by atoms with E-state index in [9.17, 15) is 0 Å². The highest BCUT2D eigenvalue weighted by molar-refractivity contribution is 6.64. The summed E-state index contributed by atoms with van der Waals surface area (Å²) in [5.74, 6) is 0. The highest BCUT2D eigenvalue weighted by Gasteiger charge is 2.52. The van der Waals surface area contributed by atoms with Gasteiger partial charge in [0.25, 0.3) is 0 Å². The lowest BCUT2D eigenvalue weighted by Gasteiger charge is -2.32. The molecule has 0 bridgehead atoms. The molecule has 1 aliphatic rings. The van der Waals surface area contributed by atoms with E-state index in [-0.39, 0.29) is 11.2 Å². The fourth-order valence-corrected chi connectivity index (χ4v) is 1.97. The van der Waals surface area contributed by atoms with Crippen LogP contribution in [0.15, 0.2) is 18.8 Å². The molecule has 0 N–H and O–H groups in total. The van der Waals surface area contributed by atoms with E-state index >= 15 is 0 Å². The third-order valence-electron chi connectivity index (χ3n) is 3.60. The Kier molecular flexibility index (Phi) is 3.30. The molecule has 1 saturated heterocycles. The normalized spacial score (nSPS) is 21.1. The van der Waals surface area contributed by atoms with Gasteiger partial charge >= 0.3 is 7.12 Å². The van der Waals surface area contributed by atoms with Gasteiger partial charge in [0.05, 0.1) is 21.8 Å². The second kappa shape index (κ2) is 4.37. The average Bonchev–Trinajstić information content (AvgIpc) is 2.47. The minimum absolute atomic E-state index is 0.389. The van der Waals surface area contributed by atoms with Crippen LogP contribution in [0.2, 0.25) is 5.02 Å². The Hall–Kier alpha value is -0.835. The molecule has 96 valence electrons. The maximum absolute atomic E-state index is 6.20. The molecule has 2 rings (SSSR count). The molecule has 3 nitrogen and oxygen atoms in total. The van der Waals surface area contributed by atoms with Crippen molar-refractivity contribution in [1.82, 2.24) is 4.98 Å². The highest BCUT2D eigenvalue weighted by Crippen LogP contribution is 2.36. The van der Waals surface area contributed by atoms with Crippen LogP contribution in [0.1, 0.15) is 33.3 Å². The summed E-state index contributed by atoms with van der Waals surface area (Å²) >= 11 is 6.20. The second-order valence-electron chi connectivity index (χ2n) is 5.43. The first-order valence-corrected chi connectivity index (χ1v) is 6.28. The van der Waals surface area contributed by atoms with E-state index in [0.717, 1.165) is 5.56 Å². The number of hydrogen-bond donors (Lipinski definition) is 0. The van der Waals surface area contributed by atoms with Crippen LogP contribution < -0.4 is 5.59 Å². The monoisotopic (exact) mass is 265 g/mol. The van der Waals surface area contributed by atoms with Crippen molar-refractivity contribution in [3.05, 3.63) is 29.4 Å². The lowest BCUT2D eigenvalue weighted by Crippen LogP contribution is -2.41. The summed E-state index contributed by atoms with van der Waals surface area (Å²) in [5.41, 5.74) is 0.709. The molecule has 18 heavy (non-hydrogen) atoms. The van der Waals surface area contributed by atoms with Gasteiger partial charge in [-0.2, -0.15) is 0 Å². The minimum Gasteiger partial charge on any atom is -0.398 e. The zero-order valence-electron chi connectivity index (χ0n) is 11.2. The van der Waals surface area contributed by atoms with E-state index in [0.29, 0.717) is 10.6 Å². The molecule has 0 atom stereocenters. The molecule has 1 aliphatic heterocycles. The molecule has 0 spiro atoms. The zero-order chi connectivity index (χ0) is 13.6. The van der Waals surface area contributed by atoms with Crippen LogP contribution in [0.25, 0.3) is 6.08 Å². The number of rotatable bonds is 2. The van der Waals surface area contributed by atoms with Crippen LogP contribution in [0.3, 0.4) is 0 Å². The smallest absolute Gasteiger partial charge is 0.398 e. The molecule has 1 aromatic rings. The summed E-state index contributed by atoms with van der Waals surface area (Å²) < 4.78 is 11.8. The topological polar surface area (TPSA) is 31.4 Å². The van der Waals surface area contributed by atoms with Crippen LogP contribution in [0.5, 0.6) is 0 Å². The molecule has 5 heteroatoms. The van der Waals surface area contributed by atoms with Crippen LogP contribution in [-0.4, -0.2) is 23.3 Å². The summed E-state index contributed by atoms with van der Waals surface area (Å²) in [6, 6.07) is 1.81. The summed E-state index contributed by atoms with van der Waals surface area (Å²) in [7, 11) is -0.527. The van der Waals surface area contributed by atoms with Crippen LogP contribution in [0.4, 0.5) is 0 Å². The van der Waals surface area contributed by atoms with Crippen LogP contribution >= 0.6 is 11.6 Å². The van der Waals surface area contributed by atoms with Crippen molar-refractivity contribution in [1.29, 1.82) is 0 Å². The maximum Gasteiger partial charge on any atom is 0.516 e. The van der Waals surface area contributed by atoms with Gasteiger partial charge in [0.1, 0.15) is 0 Å². The van der Waals surface area contributed by atoms with Gasteiger partial charge < -0.3 is 9.31 Å². The Morgan fingerprint density at radius 2 is 1.83 bits per heavy atom. The van der Waals surface area contributed by atoms with Gasteiger partial charge in [-0.05, 0) is 39.3 Å². The van der Waals surface area contributed by atoms with E-state index < -0.39 is 7.12 Å². The second-order valence-corrected chi connectivity index (χ2v) is 5.84. The SMILES string of the molecule is C=Cc1cnc(B2OC(C)(C)C(C)(C)O2)c(Cl)c1. The third-order valence-corrected chi connectivity index (χ3v) is 3.91. The van der Waals surface area contributed by atoms with Gasteiger partial charge in [0.15, 0.2) is 0 Å². The number of pyridine rings is 1. The van der Waals surface area contributed by atoms with E-state index in [4.69, 9.17) is 20.9 Å². The molecule has 0 radical (unpaired) electrons. The predicted octanol–water partition coefficient (Wildman–Crippen LogP) is 2.68. The third kappa shape index (κ3) is 2.20. The van der Waals surface area contributed by atoms with Crippen molar-refractivity contribution in [2.45, 2.75) is 38.9 Å². The molecule has 0 unspecified atom stereocenters. The van der Waals surface area contributed by atoms with Gasteiger partial charge in [-0.3, -0.25) is 4.98 Å². The molecule has 0 aliphatic carbocycles. The van der Waals surface area contributed by atoms with Gasteiger partial charge in [0.2, 0.25) is 0 Å². The molecular formula is C13H17BClNO2. The van der Waals surface area contributed by atoms with Gasteiger partial charge in [-0.1, -0.05) is 24.3 Å². The molecule has 2 heterocycles. The lowest BCUT2D eigenvalue weighted by molar-refractivity contribution is 0.00578. The van der Waals surface area contributed by atoms with E-state index in [1.807, 2.05) is 33.8 Å². The Balaban J connectivity index is 2.32. The van der Waals surface area contributed by atoms with Crippen molar-refractivity contribution in [3.8, 4) is 0 Å². The zero-order valence-corrected chi connectivity index (χ0v) is 11.9. The fourth-order valence-electron chi connectivity index (χ4n) is 1.70. The van der Waals surface area contributed by atoms with Crippen molar-refractivity contribution in [2.75, 3.05) is 0 Å². The number of nitrogens with zero attached hydrogens (tertiary/aromatic N) is 1. The highest BCUT2D eigenvalue weighted by atomic mass is 35.5. The van der Waals surface area contributed by atoms with E-state index in [1.165, 1.54) is 0 Å². The molecule has 0 saturated carbocycles. The largest absolute Gasteiger partial charge is 0.516 e. The first-order chi connectivity index (χ1) is 8.27. The first-order valence-electron chi connectivity index (χ1n) is 5.90. The van der Waals surface area contributed by atoms with E-state index in [2.05, 4.69) is 11.6 Å². The maximum atomic E-state index is 6.20. The summed E-state index contributed by atoms with van der Waals surface area (Å²) in [6.45, 7) is 11.7. The Morgan fingerprint density at radius 1 is 1.28 bits per heavy atom. The van der Waals surface area contributed by atoms with Crippen molar-refractivity contribution in [3.63, 3.8) is 0 Å². The molecular weight excluding hydrogens is 248 g/mol. The summed E-state index contributed by atoms with van der Waals surface area (Å²) in [6.07, 6.45) is 3.41. The van der Waals surface area contributed by atoms with Crippen LogP contribution in [0, 0.1) is 0 Å². The molecule has 0 amide bonds.